The quantitative estimate of drug-likeness (QED) is 0.502. The molecule has 0 spiro atoms. The summed E-state index contributed by atoms with van der Waals surface area (Å²) < 4.78 is 0. The summed E-state index contributed by atoms with van der Waals surface area (Å²) in [5, 5.41) is 5.48. The molecule has 2 N–H and O–H groups in total. The van der Waals surface area contributed by atoms with Gasteiger partial charge in [-0.15, -0.1) is 0 Å². The van der Waals surface area contributed by atoms with Crippen LogP contribution in [0.15, 0.2) is 12.3 Å². The van der Waals surface area contributed by atoms with E-state index in [2.05, 4.69) is 10.6 Å². The Bertz CT molecular complexity index is 134. The number of carbonyl (C=O) groups excluding carboxylic acids is 1. The smallest absolute Gasteiger partial charge is 0.242 e. The van der Waals surface area contributed by atoms with Crippen molar-refractivity contribution in [2.45, 2.75) is 12.5 Å². The van der Waals surface area contributed by atoms with E-state index >= 15 is 0 Å². The average molecular weight is 126 g/mol. The van der Waals surface area contributed by atoms with Crippen molar-refractivity contribution in [2.24, 2.45) is 0 Å². The highest BCUT2D eigenvalue weighted by atomic mass is 16.2. The maximum absolute atomic E-state index is 10.8. The fourth-order valence-electron chi connectivity index (χ4n) is 0.813. The summed E-state index contributed by atoms with van der Waals surface area (Å²) >= 11 is 0. The molecule has 1 amide bonds. The maximum Gasteiger partial charge on any atom is 0.242 e. The Morgan fingerprint density at radius 2 is 2.67 bits per heavy atom. The summed E-state index contributed by atoms with van der Waals surface area (Å²) in [6.45, 7) is 0. The minimum absolute atomic E-state index is 0.0324. The van der Waals surface area contributed by atoms with E-state index in [1.54, 1.807) is 13.2 Å². The number of amides is 1. The fourth-order valence-corrected chi connectivity index (χ4v) is 0.813. The molecule has 3 nitrogen and oxygen atoms in total. The molecule has 50 valence electrons. The zero-order valence-corrected chi connectivity index (χ0v) is 5.35. The highest BCUT2D eigenvalue weighted by Crippen LogP contribution is 1.99. The molecule has 0 saturated carbocycles. The van der Waals surface area contributed by atoms with Crippen molar-refractivity contribution in [1.29, 1.82) is 0 Å². The fraction of sp³-hybridized carbons (Fsp3) is 0.500. The van der Waals surface area contributed by atoms with Gasteiger partial charge in [0, 0.05) is 7.05 Å². The van der Waals surface area contributed by atoms with Crippen LogP contribution in [0.5, 0.6) is 0 Å². The lowest BCUT2D eigenvalue weighted by Gasteiger charge is -2.07. The molecule has 0 fully saturated rings. The zero-order chi connectivity index (χ0) is 6.69. The van der Waals surface area contributed by atoms with Gasteiger partial charge in [0.05, 0.1) is 0 Å². The highest BCUT2D eigenvalue weighted by Gasteiger charge is 2.15. The van der Waals surface area contributed by atoms with Gasteiger partial charge in [0.2, 0.25) is 5.91 Å². The minimum atomic E-state index is -0.0324. The first-order chi connectivity index (χ1) is 4.34. The summed E-state index contributed by atoms with van der Waals surface area (Å²) in [6.07, 6.45) is 4.56. The molecule has 0 radical (unpaired) electrons. The third kappa shape index (κ3) is 1.22. The van der Waals surface area contributed by atoms with Crippen LogP contribution in [0.3, 0.4) is 0 Å². The number of carbonyl (C=O) groups is 1. The van der Waals surface area contributed by atoms with Gasteiger partial charge in [-0.1, -0.05) is 6.08 Å². The van der Waals surface area contributed by atoms with Crippen molar-refractivity contribution in [3.63, 3.8) is 0 Å². The molecule has 0 aliphatic carbocycles. The summed E-state index contributed by atoms with van der Waals surface area (Å²) in [6, 6.07) is -0.0324. The lowest BCUT2D eigenvalue weighted by atomic mass is 10.2. The van der Waals surface area contributed by atoms with Crippen LogP contribution in [-0.2, 0) is 4.79 Å². The molecule has 0 aromatic carbocycles. The van der Waals surface area contributed by atoms with Crippen LogP contribution >= 0.6 is 0 Å². The van der Waals surface area contributed by atoms with E-state index < -0.39 is 0 Å². The van der Waals surface area contributed by atoms with Crippen LogP contribution in [0.4, 0.5) is 0 Å². The van der Waals surface area contributed by atoms with Gasteiger partial charge >= 0.3 is 0 Å². The van der Waals surface area contributed by atoms with Gasteiger partial charge in [0.25, 0.3) is 0 Å². The molecule has 1 heterocycles. The van der Waals surface area contributed by atoms with E-state index in [1.807, 2.05) is 6.08 Å². The molecular formula is C6H10N2O. The van der Waals surface area contributed by atoms with E-state index in [0.717, 1.165) is 6.42 Å². The van der Waals surface area contributed by atoms with Crippen molar-refractivity contribution < 1.29 is 4.79 Å². The predicted octanol–water partition coefficient (Wildman–Crippen LogP) is -0.392. The number of hydrogen-bond acceptors (Lipinski definition) is 2. The van der Waals surface area contributed by atoms with Crippen molar-refractivity contribution in [3.8, 4) is 0 Å². The SMILES string of the molecule is CNC(=O)C1CC=CN1. The van der Waals surface area contributed by atoms with Crippen molar-refractivity contribution >= 4 is 5.91 Å². The monoisotopic (exact) mass is 126 g/mol. The zero-order valence-electron chi connectivity index (χ0n) is 5.35. The summed E-state index contributed by atoms with van der Waals surface area (Å²) in [4.78, 5) is 10.8. The van der Waals surface area contributed by atoms with Gasteiger partial charge in [0.1, 0.15) is 6.04 Å². The standard InChI is InChI=1S/C6H10N2O/c1-7-6(9)5-3-2-4-8-5/h2,4-5,8H,3H2,1H3,(H,7,9). The van der Waals surface area contributed by atoms with E-state index in [9.17, 15) is 4.79 Å². The molecular weight excluding hydrogens is 116 g/mol. The van der Waals surface area contributed by atoms with Crippen LogP contribution in [-0.4, -0.2) is 19.0 Å². The molecule has 0 bridgehead atoms. The number of likely N-dealkylation sites (N-methyl/N-ethyl adjacent to an activating group) is 1. The Kier molecular flexibility index (Phi) is 1.72. The van der Waals surface area contributed by atoms with E-state index in [4.69, 9.17) is 0 Å². The number of nitrogens with one attached hydrogen (secondary N) is 2. The Balaban J connectivity index is 2.36. The van der Waals surface area contributed by atoms with Crippen LogP contribution in [0.1, 0.15) is 6.42 Å². The molecule has 1 unspecified atom stereocenters. The molecule has 1 aliphatic rings. The largest absolute Gasteiger partial charge is 0.380 e. The van der Waals surface area contributed by atoms with Gasteiger partial charge in [0.15, 0.2) is 0 Å². The Labute approximate surface area is 54.1 Å². The van der Waals surface area contributed by atoms with Gasteiger partial charge in [-0.3, -0.25) is 4.79 Å². The molecule has 0 aromatic rings. The third-order valence-corrected chi connectivity index (χ3v) is 1.35. The molecule has 0 saturated heterocycles. The first kappa shape index (κ1) is 6.13. The second-order valence-electron chi connectivity index (χ2n) is 1.97. The van der Waals surface area contributed by atoms with E-state index in [-0.39, 0.29) is 11.9 Å². The average Bonchev–Trinajstić information content (AvgIpc) is 2.37. The first-order valence-corrected chi connectivity index (χ1v) is 2.97. The maximum atomic E-state index is 10.8. The molecule has 1 rings (SSSR count). The Morgan fingerprint density at radius 1 is 1.89 bits per heavy atom. The molecule has 0 aromatic heterocycles. The highest BCUT2D eigenvalue weighted by molar-refractivity contribution is 5.82. The topological polar surface area (TPSA) is 41.1 Å². The normalized spacial score (nSPS) is 23.4. The lowest BCUT2D eigenvalue weighted by molar-refractivity contribution is -0.122. The minimum Gasteiger partial charge on any atom is -0.380 e. The second kappa shape index (κ2) is 2.53. The van der Waals surface area contributed by atoms with Gasteiger partial charge < -0.3 is 10.6 Å². The third-order valence-electron chi connectivity index (χ3n) is 1.35. The van der Waals surface area contributed by atoms with Crippen LogP contribution in [0, 0.1) is 0 Å². The number of hydrogen-bond donors (Lipinski definition) is 2. The number of rotatable bonds is 1. The van der Waals surface area contributed by atoms with Crippen LogP contribution in [0.25, 0.3) is 0 Å². The Hall–Kier alpha value is -0.990. The van der Waals surface area contributed by atoms with Gasteiger partial charge in [-0.05, 0) is 12.6 Å². The van der Waals surface area contributed by atoms with E-state index in [0.29, 0.717) is 0 Å². The molecule has 3 heteroatoms. The first-order valence-electron chi connectivity index (χ1n) is 2.97. The van der Waals surface area contributed by atoms with Crippen LogP contribution in [0.2, 0.25) is 0 Å². The lowest BCUT2D eigenvalue weighted by Crippen LogP contribution is -2.37. The molecule has 9 heavy (non-hydrogen) atoms. The molecule has 1 aliphatic heterocycles. The van der Waals surface area contributed by atoms with Crippen molar-refractivity contribution in [1.82, 2.24) is 10.6 Å². The van der Waals surface area contributed by atoms with E-state index in [1.165, 1.54) is 0 Å². The summed E-state index contributed by atoms with van der Waals surface area (Å²) in [7, 11) is 1.64. The van der Waals surface area contributed by atoms with Crippen molar-refractivity contribution in [3.05, 3.63) is 12.3 Å². The van der Waals surface area contributed by atoms with Gasteiger partial charge in [-0.25, -0.2) is 0 Å². The Morgan fingerprint density at radius 3 is 3.11 bits per heavy atom. The summed E-state index contributed by atoms with van der Waals surface area (Å²) in [5.74, 6) is 0.0556. The van der Waals surface area contributed by atoms with Gasteiger partial charge in [-0.2, -0.15) is 0 Å². The second-order valence-corrected chi connectivity index (χ2v) is 1.97. The predicted molar refractivity (Wildman–Crippen MR) is 34.7 cm³/mol. The van der Waals surface area contributed by atoms with Crippen LogP contribution < -0.4 is 10.6 Å². The van der Waals surface area contributed by atoms with Crippen molar-refractivity contribution in [2.75, 3.05) is 7.05 Å². The molecule has 1 atom stereocenters. The summed E-state index contributed by atoms with van der Waals surface area (Å²) in [5.41, 5.74) is 0.